The first-order valence-electron chi connectivity index (χ1n) is 5.52. The normalized spacial score (nSPS) is 11.1. The number of rotatable bonds is 3. The molecule has 0 aliphatic rings. The molecule has 0 N–H and O–H groups in total. The van der Waals surface area contributed by atoms with Gasteiger partial charge in [-0.1, -0.05) is 42.0 Å². The van der Waals surface area contributed by atoms with E-state index in [-0.39, 0.29) is 12.0 Å². The van der Waals surface area contributed by atoms with Crippen LogP contribution in [0.4, 0.5) is 8.78 Å². The maximum absolute atomic E-state index is 13.3. The van der Waals surface area contributed by atoms with E-state index in [1.165, 1.54) is 18.2 Å². The van der Waals surface area contributed by atoms with Crippen LogP contribution in [-0.4, -0.2) is 0 Å². The molecule has 3 heteroatoms. The van der Waals surface area contributed by atoms with Crippen LogP contribution in [0.1, 0.15) is 11.1 Å². The summed E-state index contributed by atoms with van der Waals surface area (Å²) >= 11 is 5.76. The highest BCUT2D eigenvalue weighted by atomic mass is 35.5. The molecule has 0 aromatic heterocycles. The molecule has 2 rings (SSSR count). The fraction of sp³-hybridized carbons (Fsp3) is 0.0667. The van der Waals surface area contributed by atoms with Crippen LogP contribution in [-0.2, 0) is 6.42 Å². The lowest BCUT2D eigenvalue weighted by molar-refractivity contribution is 0.562. The molecule has 18 heavy (non-hydrogen) atoms. The lowest BCUT2D eigenvalue weighted by atomic mass is 10.1. The molecule has 0 spiro atoms. The van der Waals surface area contributed by atoms with Gasteiger partial charge in [0.05, 0.1) is 0 Å². The first kappa shape index (κ1) is 12.8. The van der Waals surface area contributed by atoms with Gasteiger partial charge in [0, 0.05) is 10.6 Å². The third kappa shape index (κ3) is 3.17. The number of allylic oxidation sites excluding steroid dienone is 1. The van der Waals surface area contributed by atoms with Crippen molar-refractivity contribution in [3.05, 3.63) is 76.3 Å². The Balaban J connectivity index is 2.09. The molecule has 0 aliphatic heterocycles. The van der Waals surface area contributed by atoms with Gasteiger partial charge in [-0.3, -0.25) is 0 Å². The standard InChI is InChI=1S/C15H11ClF2/c16-12-9-7-11(8-10-12)3-1-4-13-14(17)5-2-6-15(13)18/h1-3,5-10H,4H2/b3-1+. The quantitative estimate of drug-likeness (QED) is 0.742. The minimum atomic E-state index is -0.518. The van der Waals surface area contributed by atoms with Gasteiger partial charge in [-0.25, -0.2) is 8.78 Å². The third-order valence-corrected chi connectivity index (χ3v) is 2.82. The van der Waals surface area contributed by atoms with Crippen molar-refractivity contribution in [1.29, 1.82) is 0 Å². The van der Waals surface area contributed by atoms with Crippen LogP contribution in [0, 0.1) is 11.6 Å². The summed E-state index contributed by atoms with van der Waals surface area (Å²) in [6.45, 7) is 0. The van der Waals surface area contributed by atoms with E-state index in [9.17, 15) is 8.78 Å². The molecule has 2 aromatic rings. The summed E-state index contributed by atoms with van der Waals surface area (Å²) in [7, 11) is 0. The van der Waals surface area contributed by atoms with Crippen LogP contribution in [0.3, 0.4) is 0 Å². The summed E-state index contributed by atoms with van der Waals surface area (Å²) in [5, 5.41) is 0.660. The molecule has 2 aromatic carbocycles. The van der Waals surface area contributed by atoms with E-state index < -0.39 is 11.6 Å². The fourth-order valence-electron chi connectivity index (χ4n) is 1.61. The number of hydrogen-bond acceptors (Lipinski definition) is 0. The number of benzene rings is 2. The summed E-state index contributed by atoms with van der Waals surface area (Å²) in [5.41, 5.74) is 1.03. The zero-order valence-electron chi connectivity index (χ0n) is 9.54. The fourth-order valence-corrected chi connectivity index (χ4v) is 1.74. The van der Waals surface area contributed by atoms with Gasteiger partial charge in [-0.2, -0.15) is 0 Å². The number of halogens is 3. The lowest BCUT2D eigenvalue weighted by Crippen LogP contribution is -1.92. The second-order valence-electron chi connectivity index (χ2n) is 3.86. The van der Waals surface area contributed by atoms with E-state index in [0.717, 1.165) is 5.56 Å². The molecular weight excluding hydrogens is 254 g/mol. The molecule has 0 saturated heterocycles. The lowest BCUT2D eigenvalue weighted by Gasteiger charge is -2.00. The Kier molecular flexibility index (Phi) is 4.11. The van der Waals surface area contributed by atoms with Gasteiger partial charge >= 0.3 is 0 Å². The molecule has 0 bridgehead atoms. The van der Waals surface area contributed by atoms with Crippen LogP contribution < -0.4 is 0 Å². The molecule has 0 unspecified atom stereocenters. The van der Waals surface area contributed by atoms with Gasteiger partial charge in [-0.15, -0.1) is 0 Å². The van der Waals surface area contributed by atoms with Crippen molar-refractivity contribution >= 4 is 17.7 Å². The maximum Gasteiger partial charge on any atom is 0.129 e. The maximum atomic E-state index is 13.3. The first-order chi connectivity index (χ1) is 8.66. The highest BCUT2D eigenvalue weighted by Crippen LogP contribution is 2.15. The van der Waals surface area contributed by atoms with Crippen molar-refractivity contribution in [3.8, 4) is 0 Å². The van der Waals surface area contributed by atoms with Crippen LogP contribution in [0.5, 0.6) is 0 Å². The third-order valence-electron chi connectivity index (χ3n) is 2.56. The van der Waals surface area contributed by atoms with Gasteiger partial charge in [0.25, 0.3) is 0 Å². The zero-order chi connectivity index (χ0) is 13.0. The highest BCUT2D eigenvalue weighted by molar-refractivity contribution is 6.30. The SMILES string of the molecule is Fc1cccc(F)c1C/C=C/c1ccc(Cl)cc1. The van der Waals surface area contributed by atoms with Gasteiger partial charge in [0.1, 0.15) is 11.6 Å². The van der Waals surface area contributed by atoms with Crippen molar-refractivity contribution in [3.63, 3.8) is 0 Å². The predicted molar refractivity (Wildman–Crippen MR) is 70.5 cm³/mol. The molecule has 0 heterocycles. The largest absolute Gasteiger partial charge is 0.207 e. The first-order valence-corrected chi connectivity index (χ1v) is 5.89. The summed E-state index contributed by atoms with van der Waals surface area (Å²) in [6, 6.07) is 11.1. The second kappa shape index (κ2) is 5.78. The van der Waals surface area contributed by atoms with E-state index in [4.69, 9.17) is 11.6 Å². The van der Waals surface area contributed by atoms with Gasteiger partial charge in [0.15, 0.2) is 0 Å². The smallest absolute Gasteiger partial charge is 0.129 e. The number of hydrogen-bond donors (Lipinski definition) is 0. The van der Waals surface area contributed by atoms with E-state index in [1.54, 1.807) is 18.2 Å². The summed E-state index contributed by atoms with van der Waals surface area (Å²) in [6.07, 6.45) is 3.76. The van der Waals surface area contributed by atoms with E-state index >= 15 is 0 Å². The molecule has 0 fully saturated rings. The van der Waals surface area contributed by atoms with E-state index in [0.29, 0.717) is 5.02 Å². The van der Waals surface area contributed by atoms with Crippen LogP contribution in [0.2, 0.25) is 5.02 Å². The minimum Gasteiger partial charge on any atom is -0.207 e. The summed E-state index contributed by atoms with van der Waals surface area (Å²) in [5.74, 6) is -1.04. The Morgan fingerprint density at radius 3 is 2.17 bits per heavy atom. The Morgan fingerprint density at radius 2 is 1.56 bits per heavy atom. The van der Waals surface area contributed by atoms with E-state index in [2.05, 4.69) is 0 Å². The predicted octanol–water partition coefficient (Wildman–Crippen LogP) is 4.87. The van der Waals surface area contributed by atoms with Crippen molar-refractivity contribution < 1.29 is 8.78 Å². The Hall–Kier alpha value is -1.67. The van der Waals surface area contributed by atoms with Crippen molar-refractivity contribution in [1.82, 2.24) is 0 Å². The van der Waals surface area contributed by atoms with E-state index in [1.807, 2.05) is 18.2 Å². The molecule has 0 aliphatic carbocycles. The van der Waals surface area contributed by atoms with Gasteiger partial charge in [-0.05, 0) is 36.2 Å². The van der Waals surface area contributed by atoms with Crippen molar-refractivity contribution in [2.45, 2.75) is 6.42 Å². The molecule has 92 valence electrons. The van der Waals surface area contributed by atoms with Crippen molar-refractivity contribution in [2.24, 2.45) is 0 Å². The topological polar surface area (TPSA) is 0 Å². The molecule has 0 amide bonds. The summed E-state index contributed by atoms with van der Waals surface area (Å²) < 4.78 is 26.7. The molecular formula is C15H11ClF2. The van der Waals surface area contributed by atoms with Crippen molar-refractivity contribution in [2.75, 3.05) is 0 Å². The average molecular weight is 265 g/mol. The van der Waals surface area contributed by atoms with Crippen LogP contribution in [0.25, 0.3) is 6.08 Å². The Morgan fingerprint density at radius 1 is 0.944 bits per heavy atom. The minimum absolute atomic E-state index is 0.0858. The molecule has 0 nitrogen and oxygen atoms in total. The highest BCUT2D eigenvalue weighted by Gasteiger charge is 2.05. The van der Waals surface area contributed by atoms with Gasteiger partial charge < -0.3 is 0 Å². The Labute approximate surface area is 110 Å². The molecule has 0 atom stereocenters. The molecule has 0 saturated carbocycles. The Bertz CT molecular complexity index is 539. The average Bonchev–Trinajstić information content (AvgIpc) is 2.35. The van der Waals surface area contributed by atoms with Gasteiger partial charge in [0.2, 0.25) is 0 Å². The second-order valence-corrected chi connectivity index (χ2v) is 4.29. The van der Waals surface area contributed by atoms with Crippen LogP contribution >= 0.6 is 11.6 Å². The monoisotopic (exact) mass is 264 g/mol. The molecule has 0 radical (unpaired) electrons. The zero-order valence-corrected chi connectivity index (χ0v) is 10.3. The van der Waals surface area contributed by atoms with Crippen LogP contribution in [0.15, 0.2) is 48.5 Å². The summed E-state index contributed by atoms with van der Waals surface area (Å²) in [4.78, 5) is 0.